The Labute approximate surface area is 147 Å². The van der Waals surface area contributed by atoms with Gasteiger partial charge in [-0.25, -0.2) is 0 Å². The molecule has 3 rings (SSSR count). The Bertz CT molecular complexity index is 590. The lowest BCUT2D eigenvalue weighted by Gasteiger charge is -2.26. The topological polar surface area (TPSA) is 52.7 Å². The summed E-state index contributed by atoms with van der Waals surface area (Å²) in [7, 11) is 1.80. The molecule has 0 radical (unpaired) electrons. The summed E-state index contributed by atoms with van der Waals surface area (Å²) in [5.41, 5.74) is 0.762. The quantitative estimate of drug-likeness (QED) is 0.841. The van der Waals surface area contributed by atoms with E-state index < -0.39 is 5.92 Å². The lowest BCUT2D eigenvalue weighted by atomic mass is 10.1. The maximum atomic E-state index is 12.6. The van der Waals surface area contributed by atoms with E-state index in [0.29, 0.717) is 18.0 Å². The Morgan fingerprint density at radius 2 is 2.17 bits per heavy atom. The van der Waals surface area contributed by atoms with Gasteiger partial charge in [0, 0.05) is 36.9 Å². The van der Waals surface area contributed by atoms with Crippen LogP contribution < -0.4 is 10.2 Å². The Balaban J connectivity index is 0.00000192. The second-order valence-corrected chi connectivity index (χ2v) is 6.34. The fourth-order valence-electron chi connectivity index (χ4n) is 3.21. The predicted molar refractivity (Wildman–Crippen MR) is 93.2 cm³/mol. The number of carbonyl (C=O) groups excluding carboxylic acids is 2. The first kappa shape index (κ1) is 18.0. The molecule has 1 aromatic rings. The maximum absolute atomic E-state index is 12.6. The SMILES string of the molecule is CN(C(=O)C1CCN(c2cccc(Cl)c2)C1=O)C1CCNC1.Cl. The van der Waals surface area contributed by atoms with Gasteiger partial charge in [0.25, 0.3) is 0 Å². The van der Waals surface area contributed by atoms with Crippen LogP contribution in [0.1, 0.15) is 12.8 Å². The van der Waals surface area contributed by atoms with Crippen molar-refractivity contribution in [1.29, 1.82) is 0 Å². The number of nitrogens with zero attached hydrogens (tertiary/aromatic N) is 2. The summed E-state index contributed by atoms with van der Waals surface area (Å²) in [6.45, 7) is 2.29. The van der Waals surface area contributed by atoms with Crippen molar-refractivity contribution in [3.63, 3.8) is 0 Å². The van der Waals surface area contributed by atoms with Crippen molar-refractivity contribution in [1.82, 2.24) is 10.2 Å². The number of halogens is 2. The molecular formula is C16H21Cl2N3O2. The van der Waals surface area contributed by atoms with Crippen LogP contribution in [0.25, 0.3) is 0 Å². The molecule has 2 heterocycles. The molecule has 0 spiro atoms. The van der Waals surface area contributed by atoms with Gasteiger partial charge >= 0.3 is 0 Å². The summed E-state index contributed by atoms with van der Waals surface area (Å²) < 4.78 is 0. The Hall–Kier alpha value is -1.30. The molecule has 0 aromatic heterocycles. The van der Waals surface area contributed by atoms with Crippen molar-refractivity contribution in [3.8, 4) is 0 Å². The summed E-state index contributed by atoms with van der Waals surface area (Å²) in [5.74, 6) is -0.752. The number of rotatable bonds is 3. The van der Waals surface area contributed by atoms with Crippen LogP contribution in [-0.4, -0.2) is 49.4 Å². The highest BCUT2D eigenvalue weighted by Gasteiger charge is 2.40. The van der Waals surface area contributed by atoms with E-state index in [1.165, 1.54) is 0 Å². The number of nitrogens with one attached hydrogen (secondary N) is 1. The van der Waals surface area contributed by atoms with Crippen LogP contribution in [-0.2, 0) is 9.59 Å². The number of carbonyl (C=O) groups is 2. The van der Waals surface area contributed by atoms with Gasteiger partial charge in [-0.1, -0.05) is 17.7 Å². The molecule has 7 heteroatoms. The largest absolute Gasteiger partial charge is 0.341 e. The van der Waals surface area contributed by atoms with Crippen LogP contribution in [0.5, 0.6) is 0 Å². The van der Waals surface area contributed by atoms with E-state index in [4.69, 9.17) is 11.6 Å². The van der Waals surface area contributed by atoms with E-state index in [1.807, 2.05) is 12.1 Å². The van der Waals surface area contributed by atoms with Gasteiger partial charge in [0.2, 0.25) is 11.8 Å². The third kappa shape index (κ3) is 3.62. The standard InChI is InChI=1S/C16H20ClN3O2.ClH/c1-19(13-5-7-18-10-13)15(21)14-6-8-20(16(14)22)12-4-2-3-11(17)9-12;/h2-4,9,13-14,18H,5-8,10H2,1H3;1H. The molecule has 2 unspecified atom stereocenters. The van der Waals surface area contributed by atoms with Gasteiger partial charge in [0.05, 0.1) is 0 Å². The first-order valence-electron chi connectivity index (χ1n) is 7.62. The van der Waals surface area contributed by atoms with Crippen molar-refractivity contribution in [2.24, 2.45) is 5.92 Å². The lowest BCUT2D eigenvalue weighted by Crippen LogP contribution is -2.44. The summed E-state index contributed by atoms with van der Waals surface area (Å²) in [6, 6.07) is 7.39. The summed E-state index contributed by atoms with van der Waals surface area (Å²) in [4.78, 5) is 28.6. The molecule has 2 aliphatic rings. The normalized spacial score (nSPS) is 23.7. The molecule has 2 atom stereocenters. The van der Waals surface area contributed by atoms with Crippen LogP contribution in [0.15, 0.2) is 24.3 Å². The van der Waals surface area contributed by atoms with E-state index in [0.717, 1.165) is 25.2 Å². The Kier molecular flexibility index (Phi) is 5.89. The molecule has 0 aliphatic carbocycles. The molecule has 2 saturated heterocycles. The van der Waals surface area contributed by atoms with Crippen LogP contribution in [0.4, 0.5) is 5.69 Å². The van der Waals surface area contributed by atoms with Crippen molar-refractivity contribution < 1.29 is 9.59 Å². The van der Waals surface area contributed by atoms with Gasteiger partial charge in [-0.05, 0) is 37.6 Å². The van der Waals surface area contributed by atoms with E-state index in [9.17, 15) is 9.59 Å². The fourth-order valence-corrected chi connectivity index (χ4v) is 3.39. The van der Waals surface area contributed by atoms with Gasteiger partial charge in [0.15, 0.2) is 0 Å². The van der Waals surface area contributed by atoms with Crippen LogP contribution in [0.2, 0.25) is 5.02 Å². The minimum atomic E-state index is -0.565. The highest BCUT2D eigenvalue weighted by molar-refractivity contribution is 6.31. The number of likely N-dealkylation sites (N-methyl/N-ethyl adjacent to an activating group) is 1. The second kappa shape index (κ2) is 7.51. The highest BCUT2D eigenvalue weighted by Crippen LogP contribution is 2.28. The summed E-state index contributed by atoms with van der Waals surface area (Å²) >= 11 is 5.99. The average molecular weight is 358 g/mol. The smallest absolute Gasteiger partial charge is 0.239 e. The Morgan fingerprint density at radius 1 is 1.39 bits per heavy atom. The van der Waals surface area contributed by atoms with E-state index in [-0.39, 0.29) is 30.3 Å². The average Bonchev–Trinajstić information content (AvgIpc) is 3.15. The molecule has 1 N–H and O–H groups in total. The van der Waals surface area contributed by atoms with E-state index in [2.05, 4.69) is 5.32 Å². The van der Waals surface area contributed by atoms with Crippen molar-refractivity contribution in [2.45, 2.75) is 18.9 Å². The van der Waals surface area contributed by atoms with Gasteiger partial charge in [-0.2, -0.15) is 0 Å². The number of amides is 2. The third-order valence-electron chi connectivity index (χ3n) is 4.55. The minimum absolute atomic E-state index is 0. The molecule has 126 valence electrons. The molecule has 2 amide bonds. The van der Waals surface area contributed by atoms with Gasteiger partial charge in [-0.3, -0.25) is 9.59 Å². The molecule has 0 saturated carbocycles. The lowest BCUT2D eigenvalue weighted by molar-refractivity contribution is -0.140. The maximum Gasteiger partial charge on any atom is 0.239 e. The minimum Gasteiger partial charge on any atom is -0.341 e. The number of hydrogen-bond acceptors (Lipinski definition) is 3. The molecular weight excluding hydrogens is 337 g/mol. The molecule has 5 nitrogen and oxygen atoms in total. The van der Waals surface area contributed by atoms with Crippen molar-refractivity contribution in [2.75, 3.05) is 31.6 Å². The molecule has 1 aromatic carbocycles. The van der Waals surface area contributed by atoms with Crippen molar-refractivity contribution in [3.05, 3.63) is 29.3 Å². The van der Waals surface area contributed by atoms with E-state index in [1.54, 1.807) is 29.0 Å². The van der Waals surface area contributed by atoms with Crippen LogP contribution in [0.3, 0.4) is 0 Å². The van der Waals surface area contributed by atoms with Crippen LogP contribution in [0, 0.1) is 5.92 Å². The molecule has 2 aliphatic heterocycles. The summed E-state index contributed by atoms with van der Waals surface area (Å²) in [5, 5.41) is 3.84. The third-order valence-corrected chi connectivity index (χ3v) is 4.79. The van der Waals surface area contributed by atoms with Crippen LogP contribution >= 0.6 is 24.0 Å². The van der Waals surface area contributed by atoms with E-state index >= 15 is 0 Å². The number of benzene rings is 1. The molecule has 23 heavy (non-hydrogen) atoms. The second-order valence-electron chi connectivity index (χ2n) is 5.91. The number of hydrogen-bond donors (Lipinski definition) is 1. The summed E-state index contributed by atoms with van der Waals surface area (Å²) in [6.07, 6.45) is 1.51. The first-order valence-corrected chi connectivity index (χ1v) is 8.00. The predicted octanol–water partition coefficient (Wildman–Crippen LogP) is 1.94. The monoisotopic (exact) mass is 357 g/mol. The number of anilines is 1. The highest BCUT2D eigenvalue weighted by atomic mass is 35.5. The Morgan fingerprint density at radius 3 is 2.83 bits per heavy atom. The molecule has 0 bridgehead atoms. The zero-order chi connectivity index (χ0) is 15.7. The van der Waals surface area contributed by atoms with Gasteiger partial charge < -0.3 is 15.1 Å². The zero-order valence-electron chi connectivity index (χ0n) is 13.0. The van der Waals surface area contributed by atoms with Gasteiger partial charge in [0.1, 0.15) is 5.92 Å². The zero-order valence-corrected chi connectivity index (χ0v) is 14.6. The fraction of sp³-hybridized carbons (Fsp3) is 0.500. The first-order chi connectivity index (χ1) is 10.6. The van der Waals surface area contributed by atoms with Gasteiger partial charge in [-0.15, -0.1) is 12.4 Å². The van der Waals surface area contributed by atoms with Crippen molar-refractivity contribution >= 4 is 41.5 Å². The molecule has 2 fully saturated rings.